The summed E-state index contributed by atoms with van der Waals surface area (Å²) < 4.78 is 19.3. The Labute approximate surface area is 125 Å². The van der Waals surface area contributed by atoms with E-state index in [1.807, 2.05) is 27.7 Å². The van der Waals surface area contributed by atoms with Gasteiger partial charge in [-0.1, -0.05) is 12.1 Å². The van der Waals surface area contributed by atoms with Crippen LogP contribution in [-0.4, -0.2) is 22.3 Å². The maximum absolute atomic E-state index is 13.3. The van der Waals surface area contributed by atoms with E-state index in [-0.39, 0.29) is 17.3 Å². The third kappa shape index (κ3) is 3.62. The topological polar surface area (TPSA) is 46.5 Å². The summed E-state index contributed by atoms with van der Waals surface area (Å²) in [5.74, 6) is -1.87. The van der Waals surface area contributed by atoms with Gasteiger partial charge in [-0.15, -0.1) is 0 Å². The summed E-state index contributed by atoms with van der Waals surface area (Å²) in [6, 6.07) is 6.16. The maximum Gasteiger partial charge on any atom is 0.307 e. The van der Waals surface area contributed by atoms with Gasteiger partial charge in [0, 0.05) is 5.92 Å². The Bertz CT molecular complexity index is 537. The van der Waals surface area contributed by atoms with Gasteiger partial charge < -0.3 is 9.84 Å². The van der Waals surface area contributed by atoms with E-state index >= 15 is 0 Å². The van der Waals surface area contributed by atoms with Gasteiger partial charge in [0.1, 0.15) is 5.82 Å². The number of hydrogen-bond acceptors (Lipinski definition) is 2. The lowest BCUT2D eigenvalue weighted by atomic mass is 9.75. The van der Waals surface area contributed by atoms with Crippen molar-refractivity contribution in [2.24, 2.45) is 11.8 Å². The Balaban J connectivity index is 2.26. The fourth-order valence-electron chi connectivity index (χ4n) is 3.55. The van der Waals surface area contributed by atoms with Crippen molar-refractivity contribution in [2.75, 3.05) is 0 Å². The molecule has 0 amide bonds. The van der Waals surface area contributed by atoms with Crippen LogP contribution in [0.5, 0.6) is 0 Å². The molecule has 1 aliphatic rings. The van der Waals surface area contributed by atoms with Crippen molar-refractivity contribution in [3.8, 4) is 0 Å². The van der Waals surface area contributed by atoms with Crippen LogP contribution in [0.4, 0.5) is 4.39 Å². The highest BCUT2D eigenvalue weighted by Gasteiger charge is 2.50. The molecule has 0 bridgehead atoms. The second-order valence-corrected chi connectivity index (χ2v) is 7.05. The zero-order valence-corrected chi connectivity index (χ0v) is 13.0. The number of ether oxygens (including phenoxy) is 1. The molecule has 0 aliphatic carbocycles. The predicted molar refractivity (Wildman–Crippen MR) is 78.6 cm³/mol. The first-order valence-corrected chi connectivity index (χ1v) is 7.28. The molecule has 2 atom stereocenters. The van der Waals surface area contributed by atoms with Crippen LogP contribution in [0.3, 0.4) is 0 Å². The fraction of sp³-hybridized carbons (Fsp3) is 0.588. The highest BCUT2D eigenvalue weighted by Crippen LogP contribution is 2.46. The van der Waals surface area contributed by atoms with Gasteiger partial charge in [-0.2, -0.15) is 0 Å². The first kappa shape index (κ1) is 16.0. The maximum atomic E-state index is 13.3. The molecule has 1 saturated heterocycles. The number of carboxylic acid groups (broad SMARTS) is 1. The van der Waals surface area contributed by atoms with Gasteiger partial charge in [0.25, 0.3) is 0 Å². The standard InChI is InChI=1S/C17H23FO3/c1-16(2)10-14(17(3,4)21-16)13(15(19)20)9-11-6-5-7-12(18)8-11/h5-8,13-14H,9-10H2,1-4H3,(H,19,20). The van der Waals surface area contributed by atoms with E-state index in [1.54, 1.807) is 12.1 Å². The molecule has 1 heterocycles. The normalized spacial score (nSPS) is 24.7. The molecule has 0 spiro atoms. The second kappa shape index (κ2) is 5.41. The molecule has 0 aromatic heterocycles. The van der Waals surface area contributed by atoms with E-state index in [0.29, 0.717) is 18.4 Å². The molecular weight excluding hydrogens is 271 g/mol. The quantitative estimate of drug-likeness (QED) is 0.921. The van der Waals surface area contributed by atoms with Gasteiger partial charge in [0.15, 0.2) is 0 Å². The van der Waals surface area contributed by atoms with Gasteiger partial charge in [-0.05, 0) is 58.2 Å². The van der Waals surface area contributed by atoms with E-state index in [0.717, 1.165) is 0 Å². The van der Waals surface area contributed by atoms with Crippen molar-refractivity contribution in [1.29, 1.82) is 0 Å². The number of carboxylic acids is 1. The lowest BCUT2D eigenvalue weighted by molar-refractivity contribution is -0.147. The van der Waals surface area contributed by atoms with Crippen LogP contribution in [-0.2, 0) is 16.0 Å². The third-order valence-corrected chi connectivity index (χ3v) is 4.29. The first-order chi connectivity index (χ1) is 9.61. The monoisotopic (exact) mass is 294 g/mol. The molecule has 1 aromatic carbocycles. The zero-order valence-electron chi connectivity index (χ0n) is 13.0. The van der Waals surface area contributed by atoms with Crippen molar-refractivity contribution in [1.82, 2.24) is 0 Å². The van der Waals surface area contributed by atoms with Crippen LogP contribution < -0.4 is 0 Å². The number of carbonyl (C=O) groups is 1. The summed E-state index contributed by atoms with van der Waals surface area (Å²) in [5.41, 5.74) is -0.119. The molecule has 116 valence electrons. The minimum Gasteiger partial charge on any atom is -0.481 e. The Morgan fingerprint density at radius 2 is 2.10 bits per heavy atom. The van der Waals surface area contributed by atoms with Crippen molar-refractivity contribution >= 4 is 5.97 Å². The van der Waals surface area contributed by atoms with Gasteiger partial charge in [-0.25, -0.2) is 4.39 Å². The van der Waals surface area contributed by atoms with E-state index in [9.17, 15) is 14.3 Å². The molecule has 2 rings (SSSR count). The second-order valence-electron chi connectivity index (χ2n) is 7.05. The molecule has 1 N–H and O–H groups in total. The van der Waals surface area contributed by atoms with Crippen LogP contribution in [0.15, 0.2) is 24.3 Å². The SMILES string of the molecule is CC1(C)CC(C(Cc2cccc(F)c2)C(=O)O)C(C)(C)O1. The Hall–Kier alpha value is -1.42. The van der Waals surface area contributed by atoms with Gasteiger partial charge in [-0.3, -0.25) is 4.79 Å². The molecule has 3 nitrogen and oxygen atoms in total. The third-order valence-electron chi connectivity index (χ3n) is 4.29. The fourth-order valence-corrected chi connectivity index (χ4v) is 3.55. The molecular formula is C17H23FO3. The van der Waals surface area contributed by atoms with Crippen molar-refractivity contribution in [2.45, 2.75) is 51.7 Å². The molecule has 0 saturated carbocycles. The minimum atomic E-state index is -0.848. The highest BCUT2D eigenvalue weighted by atomic mass is 19.1. The molecule has 4 heteroatoms. The smallest absolute Gasteiger partial charge is 0.307 e. The number of aliphatic carboxylic acids is 1. The van der Waals surface area contributed by atoms with Gasteiger partial charge >= 0.3 is 5.97 Å². The van der Waals surface area contributed by atoms with Gasteiger partial charge in [0.05, 0.1) is 17.1 Å². The van der Waals surface area contributed by atoms with E-state index in [4.69, 9.17) is 4.74 Å². The lowest BCUT2D eigenvalue weighted by Gasteiger charge is -2.31. The summed E-state index contributed by atoms with van der Waals surface area (Å²) in [4.78, 5) is 11.7. The molecule has 21 heavy (non-hydrogen) atoms. The highest BCUT2D eigenvalue weighted by molar-refractivity contribution is 5.71. The van der Waals surface area contributed by atoms with Crippen LogP contribution in [0.25, 0.3) is 0 Å². The number of halogens is 1. The lowest BCUT2D eigenvalue weighted by Crippen LogP contribution is -2.37. The first-order valence-electron chi connectivity index (χ1n) is 7.28. The van der Waals surface area contributed by atoms with Crippen LogP contribution in [0, 0.1) is 17.7 Å². The number of hydrogen-bond donors (Lipinski definition) is 1. The van der Waals surface area contributed by atoms with E-state index in [1.165, 1.54) is 12.1 Å². The summed E-state index contributed by atoms with van der Waals surface area (Å²) >= 11 is 0. The average molecular weight is 294 g/mol. The largest absolute Gasteiger partial charge is 0.481 e. The number of rotatable bonds is 4. The average Bonchev–Trinajstić information content (AvgIpc) is 2.54. The zero-order chi connectivity index (χ0) is 15.8. The van der Waals surface area contributed by atoms with Gasteiger partial charge in [0.2, 0.25) is 0 Å². The van der Waals surface area contributed by atoms with Crippen molar-refractivity contribution < 1.29 is 19.0 Å². The Morgan fingerprint density at radius 3 is 2.57 bits per heavy atom. The molecule has 1 aromatic rings. The van der Waals surface area contributed by atoms with Crippen LogP contribution >= 0.6 is 0 Å². The summed E-state index contributed by atoms with van der Waals surface area (Å²) in [6.45, 7) is 7.84. The van der Waals surface area contributed by atoms with Crippen LogP contribution in [0.2, 0.25) is 0 Å². The Morgan fingerprint density at radius 1 is 1.43 bits per heavy atom. The summed E-state index contributed by atoms with van der Waals surface area (Å²) in [6.07, 6.45) is 1.01. The number of benzene rings is 1. The van der Waals surface area contributed by atoms with E-state index in [2.05, 4.69) is 0 Å². The molecule has 1 fully saturated rings. The summed E-state index contributed by atoms with van der Waals surface area (Å²) in [7, 11) is 0. The molecule has 1 aliphatic heterocycles. The van der Waals surface area contributed by atoms with Crippen LogP contribution in [0.1, 0.15) is 39.7 Å². The molecule has 2 unspecified atom stereocenters. The predicted octanol–water partition coefficient (Wildman–Crippen LogP) is 3.66. The van der Waals surface area contributed by atoms with E-state index < -0.39 is 17.5 Å². The Kier molecular flexibility index (Phi) is 4.11. The van der Waals surface area contributed by atoms with Crippen molar-refractivity contribution in [3.63, 3.8) is 0 Å². The van der Waals surface area contributed by atoms with Crippen molar-refractivity contribution in [3.05, 3.63) is 35.6 Å². The molecule has 0 radical (unpaired) electrons. The summed E-state index contributed by atoms with van der Waals surface area (Å²) in [5, 5.41) is 9.62. The minimum absolute atomic E-state index is 0.103.